The van der Waals surface area contributed by atoms with Crippen molar-refractivity contribution in [1.82, 2.24) is 25.2 Å². The maximum Gasteiger partial charge on any atom is 0.247 e. The topological polar surface area (TPSA) is 89.4 Å². The van der Waals surface area contributed by atoms with Gasteiger partial charge in [-0.2, -0.15) is 0 Å². The quantitative estimate of drug-likeness (QED) is 0.556. The molecular formula is C26H31N5O3. The molecule has 5 rings (SSSR count). The molecule has 8 nitrogen and oxygen atoms in total. The van der Waals surface area contributed by atoms with E-state index in [0.717, 1.165) is 55.1 Å². The van der Waals surface area contributed by atoms with Gasteiger partial charge in [-0.15, -0.1) is 5.10 Å². The summed E-state index contributed by atoms with van der Waals surface area (Å²) in [6.45, 7) is 1.06. The number of nitrogens with one attached hydrogen (secondary N) is 1. The Hall–Kier alpha value is -3.26. The van der Waals surface area contributed by atoms with E-state index in [4.69, 9.17) is 4.74 Å². The third kappa shape index (κ3) is 4.97. The van der Waals surface area contributed by atoms with E-state index in [-0.39, 0.29) is 30.5 Å². The van der Waals surface area contributed by atoms with Crippen molar-refractivity contribution in [3.63, 3.8) is 0 Å². The largest absolute Gasteiger partial charge is 0.376 e. The fraction of sp³-hybridized carbons (Fsp3) is 0.462. The Balaban J connectivity index is 1.46. The van der Waals surface area contributed by atoms with Gasteiger partial charge in [-0.05, 0) is 43.4 Å². The van der Waals surface area contributed by atoms with Crippen LogP contribution in [0.3, 0.4) is 0 Å². The summed E-state index contributed by atoms with van der Waals surface area (Å²) in [5.74, 6) is -0.311. The van der Waals surface area contributed by atoms with Gasteiger partial charge in [0.25, 0.3) is 0 Å². The third-order valence-electron chi connectivity index (χ3n) is 6.83. The van der Waals surface area contributed by atoms with Crippen LogP contribution in [0.4, 0.5) is 0 Å². The summed E-state index contributed by atoms with van der Waals surface area (Å²) in [7, 11) is 0. The van der Waals surface area contributed by atoms with Gasteiger partial charge in [0.1, 0.15) is 18.1 Å². The van der Waals surface area contributed by atoms with E-state index in [9.17, 15) is 9.59 Å². The summed E-state index contributed by atoms with van der Waals surface area (Å²) in [6, 6.07) is 16.6. The molecule has 1 saturated carbocycles. The van der Waals surface area contributed by atoms with Crippen LogP contribution in [0.1, 0.15) is 50.1 Å². The molecule has 1 aliphatic carbocycles. The number of amides is 2. The second kappa shape index (κ2) is 10.3. The molecule has 3 aromatic rings. The minimum Gasteiger partial charge on any atom is -0.376 e. The highest BCUT2D eigenvalue weighted by molar-refractivity contribution is 5.89. The van der Waals surface area contributed by atoms with Crippen molar-refractivity contribution in [2.45, 2.75) is 63.3 Å². The SMILES string of the molecule is O=C(NC1CCCC1)C(c1ccccc1)N(CC1CCCO1)C(=O)Cn1nnc2ccccc21. The van der Waals surface area contributed by atoms with Gasteiger partial charge in [0.2, 0.25) is 11.8 Å². The Morgan fingerprint density at radius 2 is 1.79 bits per heavy atom. The van der Waals surface area contributed by atoms with Crippen molar-refractivity contribution < 1.29 is 14.3 Å². The van der Waals surface area contributed by atoms with Gasteiger partial charge in [0, 0.05) is 19.2 Å². The number of hydrogen-bond donors (Lipinski definition) is 1. The summed E-state index contributed by atoms with van der Waals surface area (Å²) >= 11 is 0. The van der Waals surface area contributed by atoms with Crippen molar-refractivity contribution in [3.8, 4) is 0 Å². The maximum absolute atomic E-state index is 13.8. The zero-order valence-electron chi connectivity index (χ0n) is 19.3. The highest BCUT2D eigenvalue weighted by Crippen LogP contribution is 2.27. The lowest BCUT2D eigenvalue weighted by atomic mass is 10.0. The fourth-order valence-electron chi connectivity index (χ4n) is 5.07. The molecule has 1 aromatic heterocycles. The summed E-state index contributed by atoms with van der Waals surface area (Å²) < 4.78 is 7.49. The number of hydrogen-bond acceptors (Lipinski definition) is 5. The Kier molecular flexibility index (Phi) is 6.85. The first-order valence-corrected chi connectivity index (χ1v) is 12.2. The number of carbonyl (C=O) groups is 2. The molecule has 2 aromatic carbocycles. The van der Waals surface area contributed by atoms with Gasteiger partial charge >= 0.3 is 0 Å². The molecule has 1 N–H and O–H groups in total. The first-order valence-electron chi connectivity index (χ1n) is 12.2. The second-order valence-electron chi connectivity index (χ2n) is 9.22. The van der Waals surface area contributed by atoms with Gasteiger partial charge in [-0.1, -0.05) is 60.5 Å². The van der Waals surface area contributed by atoms with Crippen molar-refractivity contribution >= 4 is 22.8 Å². The predicted molar refractivity (Wildman–Crippen MR) is 128 cm³/mol. The number of nitrogens with zero attached hydrogens (tertiary/aromatic N) is 4. The number of carbonyl (C=O) groups excluding carboxylic acids is 2. The zero-order valence-corrected chi connectivity index (χ0v) is 19.3. The monoisotopic (exact) mass is 461 g/mol. The van der Waals surface area contributed by atoms with Gasteiger partial charge in [0.05, 0.1) is 11.6 Å². The summed E-state index contributed by atoms with van der Waals surface area (Å²) in [5.41, 5.74) is 2.33. The normalized spacial score (nSPS) is 19.4. The molecule has 178 valence electrons. The molecule has 2 aliphatic rings. The Labute approximate surface area is 199 Å². The standard InChI is InChI=1S/C26H31N5O3/c32-24(18-31-23-15-7-6-14-22(23)28-29-31)30(17-21-13-8-16-34-21)25(19-9-2-1-3-10-19)26(33)27-20-11-4-5-12-20/h1-3,6-7,9-10,14-15,20-21,25H,4-5,8,11-13,16-18H2,(H,27,33). The molecule has 1 aliphatic heterocycles. The average molecular weight is 462 g/mol. The minimum atomic E-state index is -0.728. The number of rotatable bonds is 8. The number of aromatic nitrogens is 3. The number of para-hydroxylation sites is 1. The van der Waals surface area contributed by atoms with E-state index in [2.05, 4.69) is 15.6 Å². The van der Waals surface area contributed by atoms with Crippen LogP contribution in [0.25, 0.3) is 11.0 Å². The lowest BCUT2D eigenvalue weighted by molar-refractivity contribution is -0.143. The molecule has 8 heteroatoms. The average Bonchev–Trinajstić information content (AvgIpc) is 3.63. The van der Waals surface area contributed by atoms with Gasteiger partial charge in [0.15, 0.2) is 0 Å². The van der Waals surface area contributed by atoms with Crippen molar-refractivity contribution in [3.05, 3.63) is 60.2 Å². The lowest BCUT2D eigenvalue weighted by Crippen LogP contribution is -2.49. The van der Waals surface area contributed by atoms with E-state index >= 15 is 0 Å². The fourth-order valence-corrected chi connectivity index (χ4v) is 5.07. The molecule has 0 spiro atoms. The predicted octanol–water partition coefficient (Wildman–Crippen LogP) is 3.24. The molecule has 2 atom stereocenters. The van der Waals surface area contributed by atoms with E-state index in [0.29, 0.717) is 13.2 Å². The minimum absolute atomic E-state index is 0.00722. The molecule has 2 unspecified atom stereocenters. The van der Waals surface area contributed by atoms with Crippen LogP contribution < -0.4 is 5.32 Å². The molecule has 2 heterocycles. The van der Waals surface area contributed by atoms with Crippen LogP contribution in [0.15, 0.2) is 54.6 Å². The van der Waals surface area contributed by atoms with Crippen LogP contribution in [-0.2, 0) is 20.9 Å². The van der Waals surface area contributed by atoms with E-state index in [1.165, 1.54) is 0 Å². The van der Waals surface area contributed by atoms with Crippen LogP contribution in [0.5, 0.6) is 0 Å². The Bertz CT molecular complexity index is 1120. The van der Waals surface area contributed by atoms with E-state index in [1.807, 2.05) is 54.6 Å². The zero-order chi connectivity index (χ0) is 23.3. The number of ether oxygens (including phenoxy) is 1. The number of fused-ring (bicyclic) bond motifs is 1. The molecule has 34 heavy (non-hydrogen) atoms. The van der Waals surface area contributed by atoms with Crippen LogP contribution >= 0.6 is 0 Å². The Morgan fingerprint density at radius 1 is 1.03 bits per heavy atom. The van der Waals surface area contributed by atoms with Crippen molar-refractivity contribution in [1.29, 1.82) is 0 Å². The maximum atomic E-state index is 13.8. The van der Waals surface area contributed by atoms with Crippen molar-refractivity contribution in [2.75, 3.05) is 13.2 Å². The highest BCUT2D eigenvalue weighted by Gasteiger charge is 2.35. The highest BCUT2D eigenvalue weighted by atomic mass is 16.5. The molecule has 0 radical (unpaired) electrons. The molecule has 2 amide bonds. The first-order chi connectivity index (χ1) is 16.7. The van der Waals surface area contributed by atoms with Crippen LogP contribution in [0.2, 0.25) is 0 Å². The first kappa shape index (κ1) is 22.5. The molecule has 0 bridgehead atoms. The molecule has 2 fully saturated rings. The second-order valence-corrected chi connectivity index (χ2v) is 9.22. The third-order valence-corrected chi connectivity index (χ3v) is 6.83. The lowest BCUT2D eigenvalue weighted by Gasteiger charge is -2.33. The van der Waals surface area contributed by atoms with Gasteiger partial charge in [-0.3, -0.25) is 9.59 Å². The summed E-state index contributed by atoms with van der Waals surface area (Å²) in [6.07, 6.45) is 5.97. The van der Waals surface area contributed by atoms with Crippen LogP contribution in [0, 0.1) is 0 Å². The summed E-state index contributed by atoms with van der Waals surface area (Å²) in [5, 5.41) is 11.6. The van der Waals surface area contributed by atoms with E-state index in [1.54, 1.807) is 9.58 Å². The van der Waals surface area contributed by atoms with E-state index < -0.39 is 6.04 Å². The molecule has 1 saturated heterocycles. The number of benzene rings is 2. The Morgan fingerprint density at radius 3 is 2.56 bits per heavy atom. The summed E-state index contributed by atoms with van der Waals surface area (Å²) in [4.78, 5) is 29.1. The smallest absolute Gasteiger partial charge is 0.247 e. The van der Waals surface area contributed by atoms with Crippen LogP contribution in [-0.4, -0.2) is 57.0 Å². The van der Waals surface area contributed by atoms with Gasteiger partial charge < -0.3 is 15.0 Å². The van der Waals surface area contributed by atoms with Gasteiger partial charge in [-0.25, -0.2) is 4.68 Å². The molecular weight excluding hydrogens is 430 g/mol. The van der Waals surface area contributed by atoms with Crippen molar-refractivity contribution in [2.24, 2.45) is 0 Å².